The van der Waals surface area contributed by atoms with E-state index in [0.29, 0.717) is 18.5 Å². The lowest BCUT2D eigenvalue weighted by Gasteiger charge is -2.19. The van der Waals surface area contributed by atoms with Crippen LogP contribution in [-0.4, -0.2) is 34.3 Å². The zero-order valence-electron chi connectivity index (χ0n) is 14.0. The van der Waals surface area contributed by atoms with Crippen LogP contribution in [0, 0.1) is 0 Å². The number of hydrogen-bond acceptors (Lipinski definition) is 3. The van der Waals surface area contributed by atoms with Crippen molar-refractivity contribution in [3.8, 4) is 0 Å². The van der Waals surface area contributed by atoms with Gasteiger partial charge in [-0.05, 0) is 29.2 Å². The average Bonchev–Trinajstić information content (AvgIpc) is 3.14. The Morgan fingerprint density at radius 1 is 1.08 bits per heavy atom. The highest BCUT2D eigenvalue weighted by Gasteiger charge is 2.36. The Bertz CT molecular complexity index is 908. The van der Waals surface area contributed by atoms with Gasteiger partial charge in [-0.15, -0.1) is 0 Å². The number of rotatable bonds is 4. The normalized spacial score (nSPS) is 20.6. The maximum Gasteiger partial charge on any atom is 0.311 e. The standard InChI is InChI=1S/C20H18N2O4/c23-18(11-22-10-12-5-1-2-6-13(12)19(22)24)21-17-9-16(20(25)26)14-7-3-4-8-15(14)17/h1-8,16-17H,9-11H2,(H,21,23)(H,25,26). The molecule has 132 valence electrons. The molecule has 0 spiro atoms. The molecule has 2 amide bonds. The van der Waals surface area contributed by atoms with Gasteiger partial charge in [0.15, 0.2) is 0 Å². The maximum atomic E-state index is 12.5. The summed E-state index contributed by atoms with van der Waals surface area (Å²) in [4.78, 5) is 37.8. The largest absolute Gasteiger partial charge is 0.481 e. The first-order valence-electron chi connectivity index (χ1n) is 8.53. The smallest absolute Gasteiger partial charge is 0.311 e. The number of aliphatic carboxylic acids is 1. The van der Waals surface area contributed by atoms with Crippen molar-refractivity contribution in [3.63, 3.8) is 0 Å². The molecule has 2 aliphatic rings. The minimum atomic E-state index is -0.889. The van der Waals surface area contributed by atoms with Crippen LogP contribution in [0.15, 0.2) is 48.5 Å². The van der Waals surface area contributed by atoms with Crippen LogP contribution >= 0.6 is 0 Å². The van der Waals surface area contributed by atoms with E-state index in [1.807, 2.05) is 30.3 Å². The van der Waals surface area contributed by atoms with E-state index < -0.39 is 11.9 Å². The number of hydrogen-bond donors (Lipinski definition) is 2. The molecule has 2 N–H and O–H groups in total. The predicted octanol–water partition coefficient (Wildman–Crippen LogP) is 2.07. The Hall–Kier alpha value is -3.15. The van der Waals surface area contributed by atoms with Crippen LogP contribution in [0.2, 0.25) is 0 Å². The van der Waals surface area contributed by atoms with Gasteiger partial charge in [0.25, 0.3) is 5.91 Å². The third-order valence-electron chi connectivity index (χ3n) is 5.08. The number of carboxylic acids is 1. The summed E-state index contributed by atoms with van der Waals surface area (Å²) in [6.07, 6.45) is 0.328. The van der Waals surface area contributed by atoms with Gasteiger partial charge in [0.1, 0.15) is 6.54 Å². The van der Waals surface area contributed by atoms with E-state index in [9.17, 15) is 19.5 Å². The predicted molar refractivity (Wildman–Crippen MR) is 93.5 cm³/mol. The van der Waals surface area contributed by atoms with E-state index in [1.165, 1.54) is 4.90 Å². The van der Waals surface area contributed by atoms with Crippen molar-refractivity contribution in [2.24, 2.45) is 0 Å². The molecule has 0 fully saturated rings. The molecular formula is C20H18N2O4. The molecule has 0 saturated carbocycles. The molecule has 0 aromatic heterocycles. The molecule has 6 heteroatoms. The van der Waals surface area contributed by atoms with Crippen LogP contribution < -0.4 is 5.32 Å². The Kier molecular flexibility index (Phi) is 3.95. The summed E-state index contributed by atoms with van der Waals surface area (Å²) in [5.41, 5.74) is 3.14. The second-order valence-corrected chi connectivity index (χ2v) is 6.69. The maximum absolute atomic E-state index is 12.5. The van der Waals surface area contributed by atoms with Crippen LogP contribution in [-0.2, 0) is 16.1 Å². The number of fused-ring (bicyclic) bond motifs is 2. The topological polar surface area (TPSA) is 86.7 Å². The molecule has 0 bridgehead atoms. The van der Waals surface area contributed by atoms with Crippen molar-refractivity contribution in [1.29, 1.82) is 0 Å². The summed E-state index contributed by atoms with van der Waals surface area (Å²) in [6.45, 7) is 0.380. The average molecular weight is 350 g/mol. The summed E-state index contributed by atoms with van der Waals surface area (Å²) < 4.78 is 0. The Balaban J connectivity index is 1.45. The summed E-state index contributed by atoms with van der Waals surface area (Å²) in [6, 6.07) is 14.3. The van der Waals surface area contributed by atoms with Gasteiger partial charge in [0.05, 0.1) is 12.0 Å². The molecule has 2 aromatic carbocycles. The van der Waals surface area contributed by atoms with E-state index in [1.54, 1.807) is 18.2 Å². The highest BCUT2D eigenvalue weighted by atomic mass is 16.4. The molecule has 2 unspecified atom stereocenters. The van der Waals surface area contributed by atoms with Gasteiger partial charge in [0.2, 0.25) is 5.91 Å². The molecule has 0 radical (unpaired) electrons. The van der Waals surface area contributed by atoms with Gasteiger partial charge in [0, 0.05) is 12.1 Å². The van der Waals surface area contributed by atoms with Crippen LogP contribution in [0.1, 0.15) is 45.4 Å². The van der Waals surface area contributed by atoms with Gasteiger partial charge in [-0.1, -0.05) is 42.5 Å². The molecule has 2 atom stereocenters. The lowest BCUT2D eigenvalue weighted by atomic mass is 10.0. The van der Waals surface area contributed by atoms with Crippen LogP contribution in [0.25, 0.3) is 0 Å². The van der Waals surface area contributed by atoms with Gasteiger partial charge < -0.3 is 15.3 Å². The SMILES string of the molecule is O=C(CN1Cc2ccccc2C1=O)NC1CC(C(=O)O)c2ccccc21. The van der Waals surface area contributed by atoms with Gasteiger partial charge in [-0.2, -0.15) is 0 Å². The number of nitrogens with one attached hydrogen (secondary N) is 1. The van der Waals surface area contributed by atoms with Gasteiger partial charge in [-0.3, -0.25) is 14.4 Å². The van der Waals surface area contributed by atoms with E-state index >= 15 is 0 Å². The fourth-order valence-electron chi connectivity index (χ4n) is 3.86. The van der Waals surface area contributed by atoms with Crippen LogP contribution in [0.5, 0.6) is 0 Å². The van der Waals surface area contributed by atoms with E-state index in [2.05, 4.69) is 5.32 Å². The highest BCUT2D eigenvalue weighted by molar-refractivity contribution is 6.00. The number of benzene rings is 2. The summed E-state index contributed by atoms with van der Waals surface area (Å²) in [7, 11) is 0. The summed E-state index contributed by atoms with van der Waals surface area (Å²) >= 11 is 0. The quantitative estimate of drug-likeness (QED) is 0.884. The van der Waals surface area contributed by atoms with Gasteiger partial charge in [-0.25, -0.2) is 0 Å². The van der Waals surface area contributed by atoms with Crippen molar-refractivity contribution < 1.29 is 19.5 Å². The number of amides is 2. The molecule has 1 aliphatic heterocycles. The second-order valence-electron chi connectivity index (χ2n) is 6.69. The van der Waals surface area contributed by atoms with Crippen molar-refractivity contribution in [2.75, 3.05) is 6.54 Å². The Labute approximate surface area is 150 Å². The first-order valence-corrected chi connectivity index (χ1v) is 8.53. The zero-order chi connectivity index (χ0) is 18.3. The third-order valence-corrected chi connectivity index (χ3v) is 5.08. The molecule has 0 saturated heterocycles. The van der Waals surface area contributed by atoms with E-state index in [0.717, 1.165) is 16.7 Å². The van der Waals surface area contributed by atoms with Crippen LogP contribution in [0.4, 0.5) is 0 Å². The summed E-state index contributed by atoms with van der Waals surface area (Å²) in [5.74, 6) is -1.93. The fourth-order valence-corrected chi connectivity index (χ4v) is 3.86. The van der Waals surface area contributed by atoms with Crippen LogP contribution in [0.3, 0.4) is 0 Å². The number of carboxylic acid groups (broad SMARTS) is 1. The first kappa shape index (κ1) is 16.3. The van der Waals surface area contributed by atoms with E-state index in [4.69, 9.17) is 0 Å². The number of nitrogens with zero attached hydrogens (tertiary/aromatic N) is 1. The van der Waals surface area contributed by atoms with Crippen molar-refractivity contribution in [2.45, 2.75) is 24.9 Å². The Morgan fingerprint density at radius 3 is 2.50 bits per heavy atom. The molecule has 1 aliphatic carbocycles. The fraction of sp³-hybridized carbons (Fsp3) is 0.250. The molecular weight excluding hydrogens is 332 g/mol. The second kappa shape index (κ2) is 6.29. The van der Waals surface area contributed by atoms with E-state index in [-0.39, 0.29) is 24.4 Å². The lowest BCUT2D eigenvalue weighted by molar-refractivity contribution is -0.139. The summed E-state index contributed by atoms with van der Waals surface area (Å²) in [5, 5.41) is 12.3. The molecule has 4 rings (SSSR count). The van der Waals surface area contributed by atoms with Crippen molar-refractivity contribution in [1.82, 2.24) is 10.2 Å². The number of carbonyl (C=O) groups excluding carboxylic acids is 2. The minimum Gasteiger partial charge on any atom is -0.481 e. The molecule has 6 nitrogen and oxygen atoms in total. The molecule has 2 aromatic rings. The lowest BCUT2D eigenvalue weighted by Crippen LogP contribution is -2.38. The van der Waals surface area contributed by atoms with Gasteiger partial charge >= 0.3 is 5.97 Å². The monoisotopic (exact) mass is 350 g/mol. The third kappa shape index (κ3) is 2.73. The molecule has 26 heavy (non-hydrogen) atoms. The highest BCUT2D eigenvalue weighted by Crippen LogP contribution is 2.40. The molecule has 1 heterocycles. The Morgan fingerprint density at radius 2 is 1.77 bits per heavy atom. The minimum absolute atomic E-state index is 0.0378. The van der Waals surface area contributed by atoms with Crippen molar-refractivity contribution >= 4 is 17.8 Å². The zero-order valence-corrected chi connectivity index (χ0v) is 14.0. The first-order chi connectivity index (χ1) is 12.5. The number of carbonyl (C=O) groups is 3. The van der Waals surface area contributed by atoms with Crippen molar-refractivity contribution in [3.05, 3.63) is 70.8 Å².